The maximum atomic E-state index is 13.1. The minimum absolute atomic E-state index is 0.0729. The summed E-state index contributed by atoms with van der Waals surface area (Å²) in [5.41, 5.74) is -0.368. The number of hydrogen-bond donors (Lipinski definition) is 0. The van der Waals surface area contributed by atoms with Crippen LogP contribution in [0.4, 0.5) is 10.1 Å². The molecule has 0 radical (unpaired) electrons. The molecule has 0 unspecified atom stereocenters. The molecule has 0 bridgehead atoms. The van der Waals surface area contributed by atoms with Crippen LogP contribution >= 0.6 is 27.5 Å². The molecule has 106 valence electrons. The van der Waals surface area contributed by atoms with Gasteiger partial charge in [0, 0.05) is 5.88 Å². The number of hydrogen-bond acceptors (Lipinski definition) is 3. The lowest BCUT2D eigenvalue weighted by atomic mass is 10.2. The quantitative estimate of drug-likeness (QED) is 0.295. The van der Waals surface area contributed by atoms with Gasteiger partial charge in [-0.15, -0.1) is 11.6 Å². The van der Waals surface area contributed by atoms with Crippen LogP contribution in [0.1, 0.15) is 25.7 Å². The lowest BCUT2D eigenvalue weighted by Gasteiger charge is -2.08. The van der Waals surface area contributed by atoms with Crippen molar-refractivity contribution in [2.75, 3.05) is 12.5 Å². The van der Waals surface area contributed by atoms with Gasteiger partial charge in [-0.25, -0.2) is 4.39 Å². The van der Waals surface area contributed by atoms with E-state index in [1.807, 2.05) is 0 Å². The molecule has 0 atom stereocenters. The van der Waals surface area contributed by atoms with Gasteiger partial charge in [-0.3, -0.25) is 10.1 Å². The molecule has 0 aliphatic rings. The van der Waals surface area contributed by atoms with Crippen molar-refractivity contribution in [2.45, 2.75) is 25.7 Å². The summed E-state index contributed by atoms with van der Waals surface area (Å²) in [6.45, 7) is 0.355. The normalized spacial score (nSPS) is 10.5. The Morgan fingerprint density at radius 2 is 2.00 bits per heavy atom. The Morgan fingerprint density at radius 1 is 1.32 bits per heavy atom. The molecule has 0 spiro atoms. The summed E-state index contributed by atoms with van der Waals surface area (Å²) >= 11 is 8.63. The molecule has 0 aliphatic heterocycles. The van der Waals surface area contributed by atoms with Crippen molar-refractivity contribution in [1.82, 2.24) is 0 Å². The van der Waals surface area contributed by atoms with Crippen LogP contribution in [-0.2, 0) is 0 Å². The van der Waals surface area contributed by atoms with E-state index in [9.17, 15) is 14.5 Å². The van der Waals surface area contributed by atoms with Crippen molar-refractivity contribution < 1.29 is 14.1 Å². The minimum atomic E-state index is -0.673. The number of nitro benzene ring substituents is 1. The van der Waals surface area contributed by atoms with Crippen molar-refractivity contribution in [3.05, 3.63) is 32.5 Å². The van der Waals surface area contributed by atoms with Crippen molar-refractivity contribution >= 4 is 33.2 Å². The van der Waals surface area contributed by atoms with Crippen LogP contribution in [0.5, 0.6) is 5.75 Å². The molecule has 0 saturated carbocycles. The van der Waals surface area contributed by atoms with Crippen LogP contribution in [0.25, 0.3) is 0 Å². The molecular formula is C12H14BrClFNO3. The Kier molecular flexibility index (Phi) is 7.09. The minimum Gasteiger partial charge on any atom is -0.486 e. The van der Waals surface area contributed by atoms with Crippen LogP contribution in [0.2, 0.25) is 0 Å². The smallest absolute Gasteiger partial charge is 0.315 e. The van der Waals surface area contributed by atoms with Crippen molar-refractivity contribution in [2.24, 2.45) is 0 Å². The van der Waals surface area contributed by atoms with Crippen LogP contribution in [0.15, 0.2) is 16.6 Å². The zero-order valence-electron chi connectivity index (χ0n) is 10.2. The maximum Gasteiger partial charge on any atom is 0.315 e. The first-order valence-electron chi connectivity index (χ1n) is 5.88. The van der Waals surface area contributed by atoms with Gasteiger partial charge in [0.05, 0.1) is 22.1 Å². The third kappa shape index (κ3) is 5.32. The second-order valence-electron chi connectivity index (χ2n) is 3.94. The van der Waals surface area contributed by atoms with E-state index < -0.39 is 10.7 Å². The average Bonchev–Trinajstić information content (AvgIpc) is 2.34. The Morgan fingerprint density at radius 3 is 2.63 bits per heavy atom. The van der Waals surface area contributed by atoms with Gasteiger partial charge in [-0.05, 0) is 34.8 Å². The van der Waals surface area contributed by atoms with E-state index in [-0.39, 0.29) is 15.9 Å². The number of ether oxygens (including phenoxy) is 1. The number of alkyl halides is 1. The van der Waals surface area contributed by atoms with Crippen molar-refractivity contribution in [3.63, 3.8) is 0 Å². The Labute approximate surface area is 124 Å². The molecule has 1 aromatic rings. The summed E-state index contributed by atoms with van der Waals surface area (Å²) < 4.78 is 18.7. The number of nitrogens with zero attached hydrogens (tertiary/aromatic N) is 1. The maximum absolute atomic E-state index is 13.1. The fraction of sp³-hybridized carbons (Fsp3) is 0.500. The fourth-order valence-corrected chi connectivity index (χ4v) is 2.27. The summed E-state index contributed by atoms with van der Waals surface area (Å²) in [5.74, 6) is 0.0346. The van der Waals surface area contributed by atoms with E-state index >= 15 is 0 Å². The largest absolute Gasteiger partial charge is 0.486 e. The van der Waals surface area contributed by atoms with Crippen LogP contribution in [-0.4, -0.2) is 17.4 Å². The molecule has 0 aliphatic carbocycles. The second-order valence-corrected chi connectivity index (χ2v) is 5.18. The van der Waals surface area contributed by atoms with Gasteiger partial charge in [0.2, 0.25) is 5.75 Å². The van der Waals surface area contributed by atoms with E-state index in [0.29, 0.717) is 12.5 Å². The summed E-state index contributed by atoms with van der Waals surface area (Å²) in [4.78, 5) is 10.2. The van der Waals surface area contributed by atoms with Crippen LogP contribution < -0.4 is 4.74 Å². The van der Waals surface area contributed by atoms with Crippen LogP contribution in [0.3, 0.4) is 0 Å². The number of rotatable bonds is 8. The van der Waals surface area contributed by atoms with Gasteiger partial charge in [0.1, 0.15) is 5.82 Å². The zero-order chi connectivity index (χ0) is 14.3. The lowest BCUT2D eigenvalue weighted by Crippen LogP contribution is -2.02. The molecule has 0 N–H and O–H groups in total. The number of nitro groups is 1. The SMILES string of the molecule is O=[N+]([O-])c1cc(F)cc(Br)c1OCCCCCCCl. The molecule has 7 heteroatoms. The molecule has 0 heterocycles. The fourth-order valence-electron chi connectivity index (χ4n) is 1.55. The molecule has 0 aromatic heterocycles. The third-order valence-electron chi connectivity index (χ3n) is 2.46. The van der Waals surface area contributed by atoms with Crippen LogP contribution in [0, 0.1) is 15.9 Å². The first-order chi connectivity index (χ1) is 9.06. The Hall–Kier alpha value is -0.880. The summed E-state index contributed by atoms with van der Waals surface area (Å²) in [6.07, 6.45) is 3.67. The number of benzene rings is 1. The zero-order valence-corrected chi connectivity index (χ0v) is 12.5. The van der Waals surface area contributed by atoms with Gasteiger partial charge in [0.25, 0.3) is 0 Å². The van der Waals surface area contributed by atoms with Crippen molar-refractivity contribution in [3.8, 4) is 5.75 Å². The van der Waals surface area contributed by atoms with E-state index in [0.717, 1.165) is 37.8 Å². The average molecular weight is 355 g/mol. The summed E-state index contributed by atoms with van der Waals surface area (Å²) in [5, 5.41) is 10.8. The second kappa shape index (κ2) is 8.32. The highest BCUT2D eigenvalue weighted by molar-refractivity contribution is 9.10. The molecule has 1 aromatic carbocycles. The van der Waals surface area contributed by atoms with Gasteiger partial charge >= 0.3 is 5.69 Å². The first-order valence-corrected chi connectivity index (χ1v) is 7.21. The molecule has 0 amide bonds. The number of halogens is 3. The topological polar surface area (TPSA) is 52.4 Å². The lowest BCUT2D eigenvalue weighted by molar-refractivity contribution is -0.386. The van der Waals surface area contributed by atoms with Gasteiger partial charge in [-0.2, -0.15) is 0 Å². The van der Waals surface area contributed by atoms with E-state index in [2.05, 4.69) is 15.9 Å². The third-order valence-corrected chi connectivity index (χ3v) is 3.32. The molecular weight excluding hydrogens is 340 g/mol. The predicted molar refractivity (Wildman–Crippen MR) is 75.4 cm³/mol. The first kappa shape index (κ1) is 16.2. The van der Waals surface area contributed by atoms with E-state index in [4.69, 9.17) is 16.3 Å². The highest BCUT2D eigenvalue weighted by atomic mass is 79.9. The van der Waals surface area contributed by atoms with Gasteiger partial charge < -0.3 is 4.74 Å². The molecule has 0 fully saturated rings. The van der Waals surface area contributed by atoms with Crippen molar-refractivity contribution in [1.29, 1.82) is 0 Å². The standard InChI is InChI=1S/C12H14BrClFNO3/c13-10-7-9(15)8-11(16(17)18)12(10)19-6-4-2-1-3-5-14/h7-8H,1-6H2. The highest BCUT2D eigenvalue weighted by Crippen LogP contribution is 2.36. The number of unbranched alkanes of at least 4 members (excludes halogenated alkanes) is 3. The monoisotopic (exact) mass is 353 g/mol. The summed E-state index contributed by atoms with van der Waals surface area (Å²) in [7, 11) is 0. The Balaban J connectivity index is 2.59. The highest BCUT2D eigenvalue weighted by Gasteiger charge is 2.20. The predicted octanol–water partition coefficient (Wildman–Crippen LogP) is 4.67. The van der Waals surface area contributed by atoms with Gasteiger partial charge in [-0.1, -0.05) is 12.8 Å². The summed E-state index contributed by atoms with van der Waals surface area (Å²) in [6, 6.07) is 2.00. The van der Waals surface area contributed by atoms with Gasteiger partial charge in [0.15, 0.2) is 0 Å². The van der Waals surface area contributed by atoms with E-state index in [1.54, 1.807) is 0 Å². The Bertz CT molecular complexity index is 445. The molecule has 19 heavy (non-hydrogen) atoms. The molecule has 0 saturated heterocycles. The molecule has 4 nitrogen and oxygen atoms in total. The van der Waals surface area contributed by atoms with E-state index in [1.165, 1.54) is 0 Å². The molecule has 1 rings (SSSR count).